The number of aromatic nitrogens is 1. The smallest absolute Gasteiger partial charge is 0.370 e. The molecule has 0 radical (unpaired) electrons. The van der Waals surface area contributed by atoms with Crippen molar-refractivity contribution in [3.63, 3.8) is 0 Å². The molecule has 1 rings (SSSR count). The first-order valence-corrected chi connectivity index (χ1v) is 6.45. The highest BCUT2D eigenvalue weighted by molar-refractivity contribution is 6.33. The molecule has 0 spiro atoms. The van der Waals surface area contributed by atoms with E-state index < -0.39 is 25.0 Å². The monoisotopic (exact) mass is 309 g/mol. The van der Waals surface area contributed by atoms with E-state index in [0.29, 0.717) is 12.4 Å². The molecule has 0 saturated carbocycles. The Labute approximate surface area is 119 Å². The highest BCUT2D eigenvalue weighted by Crippen LogP contribution is 2.20. The van der Waals surface area contributed by atoms with Crippen LogP contribution in [-0.4, -0.2) is 30.2 Å². The maximum Gasteiger partial charge on any atom is 0.390 e. The molecule has 0 aliphatic heterocycles. The molecule has 0 unspecified atom stereocenters. The maximum atomic E-state index is 12.0. The number of carbonyl (C=O) groups is 1. The van der Waals surface area contributed by atoms with Gasteiger partial charge in [0.15, 0.2) is 0 Å². The van der Waals surface area contributed by atoms with Crippen molar-refractivity contribution in [2.75, 3.05) is 18.4 Å². The topological polar surface area (TPSA) is 54.0 Å². The molecule has 8 heteroatoms. The van der Waals surface area contributed by atoms with E-state index in [1.165, 1.54) is 12.3 Å². The molecule has 2 N–H and O–H groups in total. The van der Waals surface area contributed by atoms with Crippen molar-refractivity contribution >= 4 is 23.3 Å². The third-order valence-electron chi connectivity index (χ3n) is 2.35. The standard InChI is InChI=1S/C12H15ClF3N3O/c1-2-4-17-10-6-8(9(13)7-19-10)11(20)18-5-3-12(14,15)16/h6-7H,2-5H2,1H3,(H,17,19)(H,18,20). The fourth-order valence-corrected chi connectivity index (χ4v) is 1.56. The third kappa shape index (κ3) is 5.64. The number of hydrogen-bond donors (Lipinski definition) is 2. The van der Waals surface area contributed by atoms with E-state index in [-0.39, 0.29) is 10.6 Å². The summed E-state index contributed by atoms with van der Waals surface area (Å²) in [6.07, 6.45) is -3.22. The fraction of sp³-hybridized carbons (Fsp3) is 0.500. The average molecular weight is 310 g/mol. The molecule has 0 aliphatic rings. The first kappa shape index (κ1) is 16.6. The Morgan fingerprint density at radius 2 is 2.10 bits per heavy atom. The van der Waals surface area contributed by atoms with E-state index in [9.17, 15) is 18.0 Å². The molecule has 1 aromatic heterocycles. The van der Waals surface area contributed by atoms with Gasteiger partial charge in [-0.3, -0.25) is 4.79 Å². The number of halogens is 4. The minimum atomic E-state index is -4.30. The number of rotatable bonds is 6. The second-order valence-electron chi connectivity index (χ2n) is 4.10. The summed E-state index contributed by atoms with van der Waals surface area (Å²) in [5, 5.41) is 5.24. The van der Waals surface area contributed by atoms with Crippen LogP contribution in [0.2, 0.25) is 5.02 Å². The van der Waals surface area contributed by atoms with E-state index >= 15 is 0 Å². The number of alkyl halides is 3. The van der Waals surface area contributed by atoms with Gasteiger partial charge in [-0.1, -0.05) is 18.5 Å². The first-order chi connectivity index (χ1) is 9.33. The van der Waals surface area contributed by atoms with Gasteiger partial charge in [-0.05, 0) is 12.5 Å². The van der Waals surface area contributed by atoms with Crippen LogP contribution in [0.4, 0.5) is 19.0 Å². The molecule has 112 valence electrons. The highest BCUT2D eigenvalue weighted by Gasteiger charge is 2.26. The minimum Gasteiger partial charge on any atom is -0.370 e. The number of nitrogens with one attached hydrogen (secondary N) is 2. The normalized spacial score (nSPS) is 11.2. The lowest BCUT2D eigenvalue weighted by Crippen LogP contribution is -2.28. The third-order valence-corrected chi connectivity index (χ3v) is 2.65. The SMILES string of the molecule is CCCNc1cc(C(=O)NCCC(F)(F)F)c(Cl)cn1. The Morgan fingerprint density at radius 1 is 1.40 bits per heavy atom. The molecule has 0 atom stereocenters. The predicted molar refractivity (Wildman–Crippen MR) is 71.0 cm³/mol. The van der Waals surface area contributed by atoms with Gasteiger partial charge in [0.1, 0.15) is 5.82 Å². The second kappa shape index (κ2) is 7.33. The Bertz CT molecular complexity index is 466. The summed E-state index contributed by atoms with van der Waals surface area (Å²) in [6, 6.07) is 1.42. The second-order valence-corrected chi connectivity index (χ2v) is 4.50. The molecular formula is C12H15ClF3N3O. The van der Waals surface area contributed by atoms with Gasteiger partial charge in [0.2, 0.25) is 0 Å². The van der Waals surface area contributed by atoms with Gasteiger partial charge < -0.3 is 10.6 Å². The zero-order valence-electron chi connectivity index (χ0n) is 10.9. The summed E-state index contributed by atoms with van der Waals surface area (Å²) in [4.78, 5) is 15.7. The average Bonchev–Trinajstić information content (AvgIpc) is 2.36. The van der Waals surface area contributed by atoms with E-state index in [1.807, 2.05) is 6.92 Å². The highest BCUT2D eigenvalue weighted by atomic mass is 35.5. The Kier molecular flexibility index (Phi) is 6.06. The maximum absolute atomic E-state index is 12.0. The van der Waals surface area contributed by atoms with Gasteiger partial charge in [0, 0.05) is 19.3 Å². The van der Waals surface area contributed by atoms with E-state index in [2.05, 4.69) is 15.6 Å². The molecule has 20 heavy (non-hydrogen) atoms. The molecule has 4 nitrogen and oxygen atoms in total. The Balaban J connectivity index is 2.66. The first-order valence-electron chi connectivity index (χ1n) is 6.08. The van der Waals surface area contributed by atoms with Crippen LogP contribution in [0, 0.1) is 0 Å². The lowest BCUT2D eigenvalue weighted by atomic mass is 10.2. The quantitative estimate of drug-likeness (QED) is 0.848. The number of hydrogen-bond acceptors (Lipinski definition) is 3. The summed E-state index contributed by atoms with van der Waals surface area (Å²) in [5.74, 6) is -0.196. The molecule has 0 fully saturated rings. The van der Waals surface area contributed by atoms with Crippen LogP contribution in [0.5, 0.6) is 0 Å². The number of nitrogens with zero attached hydrogens (tertiary/aromatic N) is 1. The van der Waals surface area contributed by atoms with Crippen molar-refractivity contribution < 1.29 is 18.0 Å². The lowest BCUT2D eigenvalue weighted by molar-refractivity contribution is -0.132. The largest absolute Gasteiger partial charge is 0.390 e. The van der Waals surface area contributed by atoms with Crippen LogP contribution in [0.1, 0.15) is 30.1 Å². The molecule has 1 heterocycles. The summed E-state index contributed by atoms with van der Waals surface area (Å²) >= 11 is 5.82. The van der Waals surface area contributed by atoms with Crippen molar-refractivity contribution in [3.8, 4) is 0 Å². The molecule has 0 saturated heterocycles. The van der Waals surface area contributed by atoms with E-state index in [1.54, 1.807) is 0 Å². The molecule has 0 aliphatic carbocycles. The van der Waals surface area contributed by atoms with Crippen molar-refractivity contribution in [3.05, 3.63) is 22.8 Å². The van der Waals surface area contributed by atoms with Crippen LogP contribution in [0.25, 0.3) is 0 Å². The summed E-state index contributed by atoms with van der Waals surface area (Å²) in [5.41, 5.74) is 0.0995. The van der Waals surface area contributed by atoms with Gasteiger partial charge in [0.05, 0.1) is 17.0 Å². The number of amides is 1. The van der Waals surface area contributed by atoms with Gasteiger partial charge >= 0.3 is 6.18 Å². The van der Waals surface area contributed by atoms with Gasteiger partial charge in [-0.2, -0.15) is 13.2 Å². The van der Waals surface area contributed by atoms with Gasteiger partial charge in [-0.15, -0.1) is 0 Å². The predicted octanol–water partition coefficient (Wildman–Crippen LogP) is 3.24. The lowest BCUT2D eigenvalue weighted by Gasteiger charge is -2.10. The van der Waals surface area contributed by atoms with Crippen LogP contribution < -0.4 is 10.6 Å². The zero-order chi connectivity index (χ0) is 15.2. The molecule has 0 aromatic carbocycles. The Morgan fingerprint density at radius 3 is 2.70 bits per heavy atom. The zero-order valence-corrected chi connectivity index (χ0v) is 11.6. The van der Waals surface area contributed by atoms with Gasteiger partial charge in [0.25, 0.3) is 5.91 Å². The van der Waals surface area contributed by atoms with Crippen molar-refractivity contribution in [2.24, 2.45) is 0 Å². The van der Waals surface area contributed by atoms with Crippen molar-refractivity contribution in [1.29, 1.82) is 0 Å². The van der Waals surface area contributed by atoms with Crippen LogP contribution in [0.15, 0.2) is 12.3 Å². The van der Waals surface area contributed by atoms with Crippen LogP contribution in [-0.2, 0) is 0 Å². The van der Waals surface area contributed by atoms with Crippen LogP contribution >= 0.6 is 11.6 Å². The number of pyridine rings is 1. The van der Waals surface area contributed by atoms with Crippen molar-refractivity contribution in [2.45, 2.75) is 25.9 Å². The summed E-state index contributed by atoms with van der Waals surface area (Å²) in [6.45, 7) is 2.15. The summed E-state index contributed by atoms with van der Waals surface area (Å²) in [7, 11) is 0. The molecular weight excluding hydrogens is 295 g/mol. The van der Waals surface area contributed by atoms with Crippen LogP contribution in [0.3, 0.4) is 0 Å². The number of anilines is 1. The summed E-state index contributed by atoms with van der Waals surface area (Å²) < 4.78 is 36.0. The fourth-order valence-electron chi connectivity index (χ4n) is 1.38. The van der Waals surface area contributed by atoms with E-state index in [4.69, 9.17) is 11.6 Å². The number of carbonyl (C=O) groups excluding carboxylic acids is 1. The Hall–Kier alpha value is -1.50. The van der Waals surface area contributed by atoms with Crippen molar-refractivity contribution in [1.82, 2.24) is 10.3 Å². The van der Waals surface area contributed by atoms with E-state index in [0.717, 1.165) is 6.42 Å². The van der Waals surface area contributed by atoms with Gasteiger partial charge in [-0.25, -0.2) is 4.98 Å². The molecule has 1 aromatic rings. The minimum absolute atomic E-state index is 0.0940. The molecule has 1 amide bonds. The molecule has 0 bridgehead atoms.